The van der Waals surface area contributed by atoms with E-state index < -0.39 is 0 Å². The minimum absolute atomic E-state index is 0.231. The molecule has 162 valence electrons. The van der Waals surface area contributed by atoms with Gasteiger partial charge in [0.15, 0.2) is 22.9 Å². The number of rotatable bonds is 8. The van der Waals surface area contributed by atoms with Crippen LogP contribution in [0.25, 0.3) is 22.7 Å². The van der Waals surface area contributed by atoms with Crippen LogP contribution in [-0.2, 0) is 0 Å². The van der Waals surface area contributed by atoms with Crippen LogP contribution in [-0.4, -0.2) is 31.6 Å². The summed E-state index contributed by atoms with van der Waals surface area (Å²) in [6, 6.07) is 19.9. The van der Waals surface area contributed by atoms with Crippen molar-refractivity contribution in [2.45, 2.75) is 6.92 Å². The number of Topliss-reactive ketones (excluding diaryl/α,β-unsaturated/α-hetero) is 1. The van der Waals surface area contributed by atoms with Crippen LogP contribution >= 0.6 is 0 Å². The highest BCUT2D eigenvalue weighted by Gasteiger charge is 2.21. The van der Waals surface area contributed by atoms with Crippen molar-refractivity contribution in [2.75, 3.05) is 20.8 Å². The minimum atomic E-state index is -0.232. The van der Waals surface area contributed by atoms with Gasteiger partial charge in [-0.2, -0.15) is 0 Å². The largest absolute Gasteiger partial charge is 0.494 e. The highest BCUT2D eigenvalue weighted by Crippen LogP contribution is 2.34. The molecule has 0 saturated carbocycles. The SMILES string of the molecule is CCOc1ccc(C(=O)/C(=C/c2cccc(OC)c2OC)c2nc3ccccc3o2)cc1. The van der Waals surface area contributed by atoms with E-state index in [4.69, 9.17) is 18.6 Å². The fourth-order valence-electron chi connectivity index (χ4n) is 3.42. The normalized spacial score (nSPS) is 11.4. The van der Waals surface area contributed by atoms with Crippen LogP contribution < -0.4 is 14.2 Å². The fraction of sp³-hybridized carbons (Fsp3) is 0.154. The molecule has 0 radical (unpaired) electrons. The highest BCUT2D eigenvalue weighted by molar-refractivity contribution is 6.31. The number of carbonyl (C=O) groups excluding carboxylic acids is 1. The maximum Gasteiger partial charge on any atom is 0.231 e. The number of nitrogens with zero attached hydrogens (tertiary/aromatic N) is 1. The first-order valence-corrected chi connectivity index (χ1v) is 10.2. The summed E-state index contributed by atoms with van der Waals surface area (Å²) in [5.74, 6) is 1.78. The van der Waals surface area contributed by atoms with Gasteiger partial charge in [0.2, 0.25) is 5.89 Å². The molecular weight excluding hydrogens is 406 g/mol. The van der Waals surface area contributed by atoms with E-state index in [1.165, 1.54) is 0 Å². The molecule has 0 N–H and O–H groups in total. The minimum Gasteiger partial charge on any atom is -0.494 e. The van der Waals surface area contributed by atoms with E-state index in [2.05, 4.69) is 4.98 Å². The van der Waals surface area contributed by atoms with Crippen molar-refractivity contribution in [3.8, 4) is 17.2 Å². The molecule has 3 aromatic carbocycles. The number of para-hydroxylation sites is 3. The second-order valence-corrected chi connectivity index (χ2v) is 6.91. The molecule has 32 heavy (non-hydrogen) atoms. The molecule has 0 saturated heterocycles. The zero-order valence-electron chi connectivity index (χ0n) is 18.1. The molecule has 6 nitrogen and oxygen atoms in total. The molecule has 0 atom stereocenters. The third-order valence-corrected chi connectivity index (χ3v) is 4.93. The molecule has 0 aliphatic heterocycles. The molecule has 4 rings (SSSR count). The summed E-state index contributed by atoms with van der Waals surface area (Å²) in [5.41, 5.74) is 2.74. The maximum atomic E-state index is 13.6. The predicted octanol–water partition coefficient (Wildman–Crippen LogP) is 5.67. The molecule has 0 aliphatic rings. The van der Waals surface area contributed by atoms with Crippen LogP contribution in [0.15, 0.2) is 71.1 Å². The Morgan fingerprint density at radius 3 is 2.44 bits per heavy atom. The van der Waals surface area contributed by atoms with Crippen LogP contribution in [0.3, 0.4) is 0 Å². The average molecular weight is 429 g/mol. The molecule has 0 amide bonds. The smallest absolute Gasteiger partial charge is 0.231 e. The third kappa shape index (κ3) is 4.21. The van der Waals surface area contributed by atoms with Crippen LogP contribution in [0, 0.1) is 0 Å². The molecular formula is C26H23NO5. The number of ketones is 1. The Balaban J connectivity index is 1.85. The summed E-state index contributed by atoms with van der Waals surface area (Å²) in [5, 5.41) is 0. The van der Waals surface area contributed by atoms with Crippen LogP contribution in [0.2, 0.25) is 0 Å². The maximum absolute atomic E-state index is 13.6. The molecule has 4 aromatic rings. The highest BCUT2D eigenvalue weighted by atomic mass is 16.5. The number of hydrogen-bond acceptors (Lipinski definition) is 6. The summed E-state index contributed by atoms with van der Waals surface area (Å²) in [7, 11) is 3.13. The number of benzene rings is 3. The van der Waals surface area contributed by atoms with Crippen molar-refractivity contribution in [1.82, 2.24) is 4.98 Å². The first-order chi connectivity index (χ1) is 15.6. The molecule has 0 unspecified atom stereocenters. The molecule has 1 aromatic heterocycles. The Bertz CT molecular complexity index is 1240. The predicted molar refractivity (Wildman–Crippen MR) is 123 cm³/mol. The number of carbonyl (C=O) groups is 1. The van der Waals surface area contributed by atoms with Gasteiger partial charge in [0, 0.05) is 11.1 Å². The van der Waals surface area contributed by atoms with Gasteiger partial charge in [-0.3, -0.25) is 4.79 Å². The lowest BCUT2D eigenvalue weighted by molar-refractivity contribution is 0.105. The summed E-state index contributed by atoms with van der Waals surface area (Å²) in [6.45, 7) is 2.46. The lowest BCUT2D eigenvalue weighted by atomic mass is 10.00. The average Bonchev–Trinajstić information content (AvgIpc) is 3.26. The first-order valence-electron chi connectivity index (χ1n) is 10.2. The van der Waals surface area contributed by atoms with Crippen LogP contribution in [0.4, 0.5) is 0 Å². The van der Waals surface area contributed by atoms with Gasteiger partial charge in [-0.05, 0) is 55.5 Å². The number of methoxy groups -OCH3 is 2. The van der Waals surface area contributed by atoms with Crippen LogP contribution in [0.1, 0.15) is 28.7 Å². The lowest BCUT2D eigenvalue weighted by Gasteiger charge is -2.11. The van der Waals surface area contributed by atoms with Crippen molar-refractivity contribution in [3.63, 3.8) is 0 Å². The van der Waals surface area contributed by atoms with Crippen molar-refractivity contribution in [3.05, 3.63) is 83.7 Å². The zero-order valence-corrected chi connectivity index (χ0v) is 18.1. The summed E-state index contributed by atoms with van der Waals surface area (Å²) >= 11 is 0. The number of aromatic nitrogens is 1. The third-order valence-electron chi connectivity index (χ3n) is 4.93. The number of oxazole rings is 1. The molecule has 0 fully saturated rings. The van der Waals surface area contributed by atoms with Gasteiger partial charge in [-0.1, -0.05) is 24.3 Å². The molecule has 0 aliphatic carbocycles. The van der Waals surface area contributed by atoms with E-state index in [1.54, 1.807) is 50.6 Å². The Morgan fingerprint density at radius 2 is 1.75 bits per heavy atom. The van der Waals surface area contributed by atoms with E-state index in [-0.39, 0.29) is 11.7 Å². The van der Waals surface area contributed by atoms with E-state index in [0.29, 0.717) is 51.7 Å². The van der Waals surface area contributed by atoms with Crippen LogP contribution in [0.5, 0.6) is 17.2 Å². The molecule has 0 bridgehead atoms. The van der Waals surface area contributed by atoms with E-state index >= 15 is 0 Å². The van der Waals surface area contributed by atoms with Gasteiger partial charge >= 0.3 is 0 Å². The molecule has 0 spiro atoms. The van der Waals surface area contributed by atoms with E-state index in [9.17, 15) is 4.79 Å². The van der Waals surface area contributed by atoms with Crippen molar-refractivity contribution in [1.29, 1.82) is 0 Å². The number of ether oxygens (including phenoxy) is 3. The Kier molecular flexibility index (Phi) is 6.22. The summed E-state index contributed by atoms with van der Waals surface area (Å²) in [4.78, 5) is 18.1. The zero-order chi connectivity index (χ0) is 22.5. The van der Waals surface area contributed by atoms with Gasteiger partial charge in [0.05, 0.1) is 26.4 Å². The fourth-order valence-corrected chi connectivity index (χ4v) is 3.42. The second-order valence-electron chi connectivity index (χ2n) is 6.91. The lowest BCUT2D eigenvalue weighted by Crippen LogP contribution is -2.04. The summed E-state index contributed by atoms with van der Waals surface area (Å²) < 4.78 is 22.4. The first kappa shape index (κ1) is 21.2. The van der Waals surface area contributed by atoms with Gasteiger partial charge in [0.1, 0.15) is 11.3 Å². The molecule has 1 heterocycles. The standard InChI is InChI=1S/C26H23NO5/c1-4-31-19-14-12-17(13-15-19)24(28)20(26-27-21-9-5-6-10-22(21)32-26)16-18-8-7-11-23(29-2)25(18)30-3/h5-16H,4H2,1-3H3/b20-16-. The quantitative estimate of drug-likeness (QED) is 0.266. The monoisotopic (exact) mass is 429 g/mol. The number of allylic oxidation sites excluding steroid dienone is 1. The van der Waals surface area contributed by atoms with E-state index in [0.717, 1.165) is 0 Å². The van der Waals surface area contributed by atoms with Gasteiger partial charge < -0.3 is 18.6 Å². The second kappa shape index (κ2) is 9.39. The van der Waals surface area contributed by atoms with Crippen molar-refractivity contribution in [2.24, 2.45) is 0 Å². The Hall–Kier alpha value is -4.06. The molecule has 6 heteroatoms. The van der Waals surface area contributed by atoms with Gasteiger partial charge in [0.25, 0.3) is 0 Å². The van der Waals surface area contributed by atoms with Crippen molar-refractivity contribution >= 4 is 28.5 Å². The summed E-state index contributed by atoms with van der Waals surface area (Å²) in [6.07, 6.45) is 1.71. The topological polar surface area (TPSA) is 70.8 Å². The van der Waals surface area contributed by atoms with E-state index in [1.807, 2.05) is 43.3 Å². The number of fused-ring (bicyclic) bond motifs is 1. The number of hydrogen-bond donors (Lipinski definition) is 0. The Morgan fingerprint density at radius 1 is 0.969 bits per heavy atom. The van der Waals surface area contributed by atoms with Crippen molar-refractivity contribution < 1.29 is 23.4 Å². The van der Waals surface area contributed by atoms with Gasteiger partial charge in [-0.15, -0.1) is 0 Å². The van der Waals surface area contributed by atoms with Gasteiger partial charge in [-0.25, -0.2) is 4.98 Å². The Labute approximate surface area is 186 Å².